The molecule has 0 saturated carbocycles. The highest BCUT2D eigenvalue weighted by Gasteiger charge is 2.16. The summed E-state index contributed by atoms with van der Waals surface area (Å²) in [4.78, 5) is 19.4. The molecule has 0 bridgehead atoms. The van der Waals surface area contributed by atoms with E-state index >= 15 is 0 Å². The van der Waals surface area contributed by atoms with Gasteiger partial charge in [0.2, 0.25) is 0 Å². The third-order valence-electron chi connectivity index (χ3n) is 9.84. The van der Waals surface area contributed by atoms with E-state index < -0.39 is 0 Å². The van der Waals surface area contributed by atoms with Gasteiger partial charge in [0.1, 0.15) is 11.2 Å². The number of rotatable bonds is 6. The number of benzene rings is 6. The van der Waals surface area contributed by atoms with E-state index in [1.54, 1.807) is 0 Å². The lowest BCUT2D eigenvalue weighted by Crippen LogP contribution is -1.97. The maximum absolute atomic E-state index is 6.29. The highest BCUT2D eigenvalue weighted by Crippen LogP contribution is 2.38. The van der Waals surface area contributed by atoms with Gasteiger partial charge in [-0.05, 0) is 88.5 Å². The number of hydrogen-bond acceptors (Lipinski definition) is 5. The van der Waals surface area contributed by atoms with Crippen molar-refractivity contribution in [3.63, 3.8) is 0 Å². The van der Waals surface area contributed by atoms with Crippen LogP contribution in [-0.2, 0) is 0 Å². The second-order valence-corrected chi connectivity index (χ2v) is 13.1. The molecule has 0 aliphatic heterocycles. The molecule has 5 heteroatoms. The number of nitrogens with zero attached hydrogens (tertiary/aromatic N) is 4. The lowest BCUT2D eigenvalue weighted by Gasteiger charge is -2.14. The number of fused-ring (bicyclic) bond motifs is 4. The average molecular weight is 679 g/mol. The molecule has 0 fully saturated rings. The summed E-state index contributed by atoms with van der Waals surface area (Å²) in [6, 6.07) is 56.7. The van der Waals surface area contributed by atoms with Crippen molar-refractivity contribution >= 4 is 32.8 Å². The summed E-state index contributed by atoms with van der Waals surface area (Å²) >= 11 is 0. The molecule has 53 heavy (non-hydrogen) atoms. The fraction of sp³-hybridized carbons (Fsp3) is 0. The van der Waals surface area contributed by atoms with Crippen LogP contribution < -0.4 is 0 Å². The van der Waals surface area contributed by atoms with E-state index in [4.69, 9.17) is 19.4 Å². The summed E-state index contributed by atoms with van der Waals surface area (Å²) in [5.74, 6) is 0.656. The highest BCUT2D eigenvalue weighted by atomic mass is 16.3. The van der Waals surface area contributed by atoms with Gasteiger partial charge < -0.3 is 4.42 Å². The Hall–Kier alpha value is -7.24. The predicted molar refractivity (Wildman–Crippen MR) is 215 cm³/mol. The Kier molecular flexibility index (Phi) is 7.40. The monoisotopic (exact) mass is 678 g/mol. The first-order chi connectivity index (χ1) is 26.2. The molecular weight excluding hydrogens is 649 g/mol. The lowest BCUT2D eigenvalue weighted by molar-refractivity contribution is 0.669. The maximum Gasteiger partial charge on any atom is 0.160 e. The third-order valence-corrected chi connectivity index (χ3v) is 9.84. The Labute approximate surface area is 305 Å². The van der Waals surface area contributed by atoms with Crippen molar-refractivity contribution in [1.82, 2.24) is 19.9 Å². The van der Waals surface area contributed by atoms with Gasteiger partial charge >= 0.3 is 0 Å². The highest BCUT2D eigenvalue weighted by molar-refractivity contribution is 6.06. The zero-order chi connectivity index (χ0) is 35.1. The van der Waals surface area contributed by atoms with Crippen molar-refractivity contribution in [3.05, 3.63) is 182 Å². The van der Waals surface area contributed by atoms with Gasteiger partial charge in [0, 0.05) is 57.0 Å². The quantitative estimate of drug-likeness (QED) is 0.175. The van der Waals surface area contributed by atoms with Crippen molar-refractivity contribution in [1.29, 1.82) is 0 Å². The van der Waals surface area contributed by atoms with Crippen LogP contribution >= 0.6 is 0 Å². The molecule has 4 aromatic heterocycles. The van der Waals surface area contributed by atoms with Crippen LogP contribution in [0.15, 0.2) is 187 Å². The van der Waals surface area contributed by atoms with Crippen LogP contribution in [-0.4, -0.2) is 19.9 Å². The largest absolute Gasteiger partial charge is 0.456 e. The molecular formula is C48H30N4O. The molecule has 0 aliphatic carbocycles. The minimum atomic E-state index is 0.656. The van der Waals surface area contributed by atoms with Crippen molar-refractivity contribution < 1.29 is 4.42 Å². The number of hydrogen-bond donors (Lipinski definition) is 0. The van der Waals surface area contributed by atoms with Crippen molar-refractivity contribution in [3.8, 4) is 67.3 Å². The normalized spacial score (nSPS) is 11.4. The third kappa shape index (κ3) is 5.71. The summed E-state index contributed by atoms with van der Waals surface area (Å²) in [5.41, 5.74) is 13.8. The Morgan fingerprint density at radius 1 is 0.377 bits per heavy atom. The molecule has 10 rings (SSSR count). The van der Waals surface area contributed by atoms with Crippen LogP contribution in [0.25, 0.3) is 100 Å². The number of para-hydroxylation sites is 2. The molecule has 0 saturated heterocycles. The Morgan fingerprint density at radius 2 is 1.04 bits per heavy atom. The standard InChI is InChI=1S/C48H30N4O/c1-2-8-35(9-3-1)48-51-43(36-19-20-42-41-12-4-5-14-45(41)53-46(42)29-36)30-44(52-48)39-27-37(32-17-15-31(16-18-32)33-21-24-49-25-22-33)26-38(28-39)40-13-6-10-34-11-7-23-50-47(34)40/h1-30H. The van der Waals surface area contributed by atoms with E-state index in [0.717, 1.165) is 94.3 Å². The first-order valence-electron chi connectivity index (χ1n) is 17.6. The van der Waals surface area contributed by atoms with Crippen LogP contribution in [0.4, 0.5) is 0 Å². The topological polar surface area (TPSA) is 64.7 Å². The molecule has 0 unspecified atom stereocenters. The van der Waals surface area contributed by atoms with Gasteiger partial charge in [-0.3, -0.25) is 9.97 Å². The zero-order valence-corrected chi connectivity index (χ0v) is 28.5. The molecule has 10 aromatic rings. The van der Waals surface area contributed by atoms with E-state index in [-0.39, 0.29) is 0 Å². The Balaban J connectivity index is 1.17. The molecule has 0 amide bonds. The summed E-state index contributed by atoms with van der Waals surface area (Å²) in [6.45, 7) is 0. The fourth-order valence-electron chi connectivity index (χ4n) is 7.18. The molecule has 4 heterocycles. The number of aromatic nitrogens is 4. The second-order valence-electron chi connectivity index (χ2n) is 13.1. The molecule has 0 aliphatic rings. The number of furan rings is 1. The number of pyridine rings is 2. The summed E-state index contributed by atoms with van der Waals surface area (Å²) in [7, 11) is 0. The van der Waals surface area contributed by atoms with Gasteiger partial charge in [0.25, 0.3) is 0 Å². The summed E-state index contributed by atoms with van der Waals surface area (Å²) < 4.78 is 6.29. The average Bonchev–Trinajstić information content (AvgIpc) is 3.62. The molecule has 0 atom stereocenters. The van der Waals surface area contributed by atoms with Crippen LogP contribution in [0.1, 0.15) is 0 Å². The van der Waals surface area contributed by atoms with E-state index in [2.05, 4.69) is 114 Å². The van der Waals surface area contributed by atoms with Crippen LogP contribution in [0, 0.1) is 0 Å². The van der Waals surface area contributed by atoms with E-state index in [0.29, 0.717) is 5.82 Å². The van der Waals surface area contributed by atoms with Gasteiger partial charge in [0.15, 0.2) is 5.82 Å². The van der Waals surface area contributed by atoms with Gasteiger partial charge in [-0.1, -0.05) is 103 Å². The fourth-order valence-corrected chi connectivity index (χ4v) is 7.18. The molecule has 5 nitrogen and oxygen atoms in total. The van der Waals surface area contributed by atoms with Crippen molar-refractivity contribution in [2.24, 2.45) is 0 Å². The maximum atomic E-state index is 6.29. The van der Waals surface area contributed by atoms with Crippen molar-refractivity contribution in [2.75, 3.05) is 0 Å². The van der Waals surface area contributed by atoms with Crippen molar-refractivity contribution in [2.45, 2.75) is 0 Å². The van der Waals surface area contributed by atoms with E-state index in [9.17, 15) is 0 Å². The second kappa shape index (κ2) is 12.8. The van der Waals surface area contributed by atoms with Gasteiger partial charge in [-0.15, -0.1) is 0 Å². The van der Waals surface area contributed by atoms with Crippen LogP contribution in [0.5, 0.6) is 0 Å². The summed E-state index contributed by atoms with van der Waals surface area (Å²) in [6.07, 6.45) is 5.51. The molecule has 0 spiro atoms. The van der Waals surface area contributed by atoms with Gasteiger partial charge in [0.05, 0.1) is 16.9 Å². The Bertz CT molecular complexity index is 2930. The molecule has 0 N–H and O–H groups in total. The van der Waals surface area contributed by atoms with Crippen LogP contribution in [0.2, 0.25) is 0 Å². The smallest absolute Gasteiger partial charge is 0.160 e. The molecule has 0 radical (unpaired) electrons. The zero-order valence-electron chi connectivity index (χ0n) is 28.5. The van der Waals surface area contributed by atoms with E-state index in [1.165, 1.54) is 0 Å². The minimum absolute atomic E-state index is 0.656. The SMILES string of the molecule is c1ccc(-c2nc(-c3cc(-c4ccc(-c5ccncc5)cc4)cc(-c4cccc5cccnc45)c3)cc(-c3ccc4c(c3)oc3ccccc34)n2)cc1. The Morgan fingerprint density at radius 3 is 1.89 bits per heavy atom. The predicted octanol–water partition coefficient (Wildman–Crippen LogP) is 12.3. The van der Waals surface area contributed by atoms with Gasteiger partial charge in [-0.25, -0.2) is 9.97 Å². The summed E-state index contributed by atoms with van der Waals surface area (Å²) in [5, 5.41) is 3.27. The first-order valence-corrected chi connectivity index (χ1v) is 17.6. The molecule has 6 aromatic carbocycles. The lowest BCUT2D eigenvalue weighted by atomic mass is 9.92. The minimum Gasteiger partial charge on any atom is -0.456 e. The van der Waals surface area contributed by atoms with Crippen LogP contribution in [0.3, 0.4) is 0 Å². The first kappa shape index (κ1) is 30.6. The van der Waals surface area contributed by atoms with Gasteiger partial charge in [-0.2, -0.15) is 0 Å². The molecule has 248 valence electrons. The van der Waals surface area contributed by atoms with E-state index in [1.807, 2.05) is 73.2 Å².